The largest absolute Gasteiger partial charge is 0.481 e. The third kappa shape index (κ3) is 15.6. The van der Waals surface area contributed by atoms with Crippen LogP contribution in [0, 0.1) is 0 Å². The number of ether oxygens (including phenoxy) is 1. The lowest BCUT2D eigenvalue weighted by Gasteiger charge is -2.28. The van der Waals surface area contributed by atoms with E-state index in [1.807, 2.05) is 21.1 Å². The molecule has 0 saturated heterocycles. The van der Waals surface area contributed by atoms with E-state index in [0.29, 0.717) is 30.3 Å². The number of unbranched alkanes of at least 4 members (excludes halogenated alkanes) is 2. The van der Waals surface area contributed by atoms with Crippen LogP contribution in [0.1, 0.15) is 51.4 Å². The van der Waals surface area contributed by atoms with Gasteiger partial charge in [-0.05, 0) is 19.3 Å². The van der Waals surface area contributed by atoms with E-state index in [2.05, 4.69) is 0 Å². The van der Waals surface area contributed by atoms with Crippen molar-refractivity contribution in [2.45, 2.75) is 63.6 Å². The van der Waals surface area contributed by atoms with E-state index < -0.39 is 30.1 Å². The van der Waals surface area contributed by atoms with E-state index in [9.17, 15) is 19.5 Å². The van der Waals surface area contributed by atoms with Crippen molar-refractivity contribution in [3.63, 3.8) is 0 Å². The van der Waals surface area contributed by atoms with Gasteiger partial charge >= 0.3 is 17.9 Å². The highest BCUT2D eigenvalue weighted by atomic mass is 16.5. The number of esters is 1. The standard InChI is InChI=1S/C17H31NO7/c1-18(2,3)12-14(11-16(22)23)25-17(24)10-9-13(19)7-5-4-6-8-15(20)21/h13-14,19H,4-12H2,1-3H3,(H-,20,21,22,23)/p+1. The van der Waals surface area contributed by atoms with Crippen molar-refractivity contribution < 1.29 is 38.9 Å². The molecule has 3 N–H and O–H groups in total. The molecular formula is C17H32NO7+. The molecule has 2 atom stereocenters. The normalized spacial score (nSPS) is 13.9. The molecule has 0 radical (unpaired) electrons. The number of quaternary nitrogens is 1. The van der Waals surface area contributed by atoms with Crippen LogP contribution >= 0.6 is 0 Å². The second-order valence-corrected chi connectivity index (χ2v) is 7.37. The van der Waals surface area contributed by atoms with Crippen molar-refractivity contribution >= 4 is 17.9 Å². The molecule has 0 aromatic carbocycles. The number of carbonyl (C=O) groups is 3. The van der Waals surface area contributed by atoms with Gasteiger partial charge in [0.25, 0.3) is 0 Å². The van der Waals surface area contributed by atoms with E-state index in [4.69, 9.17) is 14.9 Å². The molecule has 8 heteroatoms. The maximum absolute atomic E-state index is 11.9. The molecule has 0 rings (SSSR count). The maximum atomic E-state index is 11.9. The summed E-state index contributed by atoms with van der Waals surface area (Å²) in [5, 5.41) is 27.3. The van der Waals surface area contributed by atoms with Gasteiger partial charge in [-0.2, -0.15) is 0 Å². The fourth-order valence-electron chi connectivity index (χ4n) is 2.46. The zero-order valence-corrected chi connectivity index (χ0v) is 15.4. The summed E-state index contributed by atoms with van der Waals surface area (Å²) in [6.07, 6.45) is 1.33. The zero-order chi connectivity index (χ0) is 19.5. The van der Waals surface area contributed by atoms with Crippen molar-refractivity contribution in [2.24, 2.45) is 0 Å². The van der Waals surface area contributed by atoms with Crippen molar-refractivity contribution in [1.82, 2.24) is 0 Å². The monoisotopic (exact) mass is 362 g/mol. The van der Waals surface area contributed by atoms with Crippen molar-refractivity contribution in [2.75, 3.05) is 27.7 Å². The average molecular weight is 362 g/mol. The lowest BCUT2D eigenvalue weighted by atomic mass is 10.1. The van der Waals surface area contributed by atoms with Gasteiger partial charge in [0.2, 0.25) is 0 Å². The number of carboxylic acids is 2. The number of carbonyl (C=O) groups excluding carboxylic acids is 1. The second-order valence-electron chi connectivity index (χ2n) is 7.37. The summed E-state index contributed by atoms with van der Waals surface area (Å²) in [6, 6.07) is 0. The van der Waals surface area contributed by atoms with Crippen LogP contribution in [0.2, 0.25) is 0 Å². The van der Waals surface area contributed by atoms with Crippen LogP contribution in [-0.4, -0.2) is 77.6 Å². The molecule has 0 bridgehead atoms. The molecule has 146 valence electrons. The van der Waals surface area contributed by atoms with Crippen LogP contribution in [-0.2, 0) is 19.1 Å². The quantitative estimate of drug-likeness (QED) is 0.241. The number of carboxylic acid groups (broad SMARTS) is 2. The zero-order valence-electron chi connectivity index (χ0n) is 15.4. The molecule has 0 aromatic heterocycles. The fourth-order valence-corrected chi connectivity index (χ4v) is 2.46. The Morgan fingerprint density at radius 2 is 1.56 bits per heavy atom. The minimum atomic E-state index is -1.02. The second kappa shape index (κ2) is 11.8. The number of aliphatic carboxylic acids is 2. The Hall–Kier alpha value is -1.67. The van der Waals surface area contributed by atoms with Crippen LogP contribution in [0.3, 0.4) is 0 Å². The van der Waals surface area contributed by atoms with Gasteiger partial charge in [-0.3, -0.25) is 14.4 Å². The molecule has 25 heavy (non-hydrogen) atoms. The lowest BCUT2D eigenvalue weighted by molar-refractivity contribution is -0.873. The van der Waals surface area contributed by atoms with Crippen LogP contribution < -0.4 is 0 Å². The topological polar surface area (TPSA) is 121 Å². The molecular weight excluding hydrogens is 330 g/mol. The van der Waals surface area contributed by atoms with E-state index in [-0.39, 0.29) is 25.7 Å². The molecule has 0 heterocycles. The predicted octanol–water partition coefficient (Wildman–Crippen LogP) is 1.26. The smallest absolute Gasteiger partial charge is 0.307 e. The maximum Gasteiger partial charge on any atom is 0.307 e. The first-order valence-electron chi connectivity index (χ1n) is 8.61. The Bertz CT molecular complexity index is 431. The highest BCUT2D eigenvalue weighted by Gasteiger charge is 2.24. The summed E-state index contributed by atoms with van der Waals surface area (Å²) in [5.41, 5.74) is 0. The average Bonchev–Trinajstić information content (AvgIpc) is 2.41. The number of aliphatic hydroxyl groups excluding tert-OH is 1. The minimum Gasteiger partial charge on any atom is -0.481 e. The van der Waals surface area contributed by atoms with Gasteiger partial charge in [0, 0.05) is 12.8 Å². The first-order chi connectivity index (χ1) is 11.5. The molecule has 8 nitrogen and oxygen atoms in total. The summed E-state index contributed by atoms with van der Waals surface area (Å²) in [4.78, 5) is 33.1. The predicted molar refractivity (Wildman–Crippen MR) is 91.0 cm³/mol. The number of nitrogens with zero attached hydrogens (tertiary/aromatic N) is 1. The molecule has 0 spiro atoms. The van der Waals surface area contributed by atoms with Crippen LogP contribution in [0.15, 0.2) is 0 Å². The minimum absolute atomic E-state index is 0.0313. The molecule has 0 aliphatic carbocycles. The summed E-state index contributed by atoms with van der Waals surface area (Å²) >= 11 is 0. The Kier molecular flexibility index (Phi) is 11.0. The van der Waals surface area contributed by atoms with E-state index in [1.54, 1.807) is 0 Å². The Morgan fingerprint density at radius 1 is 0.920 bits per heavy atom. The highest BCUT2D eigenvalue weighted by Crippen LogP contribution is 2.12. The summed E-state index contributed by atoms with van der Waals surface area (Å²) in [6.45, 7) is 0.393. The number of hydrogen-bond donors (Lipinski definition) is 3. The van der Waals surface area contributed by atoms with Gasteiger partial charge in [0.1, 0.15) is 6.54 Å². The van der Waals surface area contributed by atoms with E-state index in [1.165, 1.54) is 0 Å². The molecule has 0 saturated carbocycles. The van der Waals surface area contributed by atoms with Crippen molar-refractivity contribution in [3.8, 4) is 0 Å². The van der Waals surface area contributed by atoms with Crippen molar-refractivity contribution in [1.29, 1.82) is 0 Å². The molecule has 0 aromatic rings. The fraction of sp³-hybridized carbons (Fsp3) is 0.824. The molecule has 2 unspecified atom stereocenters. The molecule has 0 fully saturated rings. The Morgan fingerprint density at radius 3 is 2.08 bits per heavy atom. The third-order valence-electron chi connectivity index (χ3n) is 3.56. The van der Waals surface area contributed by atoms with E-state index in [0.717, 1.165) is 6.42 Å². The SMILES string of the molecule is C[N+](C)(C)CC(CC(=O)O)OC(=O)CCC(O)CCCCCC(=O)O. The molecule has 0 aliphatic heterocycles. The lowest BCUT2D eigenvalue weighted by Crippen LogP contribution is -2.43. The van der Waals surface area contributed by atoms with E-state index >= 15 is 0 Å². The van der Waals surface area contributed by atoms with Gasteiger partial charge in [-0.25, -0.2) is 0 Å². The number of rotatable bonds is 14. The van der Waals surface area contributed by atoms with Gasteiger partial charge in [-0.1, -0.05) is 12.8 Å². The number of likely N-dealkylation sites (N-methyl/N-ethyl adjacent to an activating group) is 1. The first-order valence-corrected chi connectivity index (χ1v) is 8.61. The van der Waals surface area contributed by atoms with Gasteiger partial charge < -0.3 is 24.5 Å². The Labute approximate surface area is 149 Å². The Balaban J connectivity index is 4.08. The van der Waals surface area contributed by atoms with Crippen LogP contribution in [0.25, 0.3) is 0 Å². The summed E-state index contributed by atoms with van der Waals surface area (Å²) in [5.74, 6) is -2.36. The highest BCUT2D eigenvalue weighted by molar-refractivity contribution is 5.71. The molecule has 0 aliphatic rings. The van der Waals surface area contributed by atoms with Crippen molar-refractivity contribution in [3.05, 3.63) is 0 Å². The van der Waals surface area contributed by atoms with Gasteiger partial charge in [0.15, 0.2) is 6.10 Å². The van der Waals surface area contributed by atoms with Crippen LogP contribution in [0.5, 0.6) is 0 Å². The van der Waals surface area contributed by atoms with Gasteiger partial charge in [0.05, 0.1) is 33.7 Å². The number of aliphatic hydroxyl groups is 1. The molecule has 0 amide bonds. The van der Waals surface area contributed by atoms with Gasteiger partial charge in [-0.15, -0.1) is 0 Å². The third-order valence-corrected chi connectivity index (χ3v) is 3.56. The summed E-state index contributed by atoms with van der Waals surface area (Å²) in [7, 11) is 5.66. The summed E-state index contributed by atoms with van der Waals surface area (Å²) < 4.78 is 5.72. The first kappa shape index (κ1) is 23.3. The number of hydrogen-bond acceptors (Lipinski definition) is 5. The van der Waals surface area contributed by atoms with Crippen LogP contribution in [0.4, 0.5) is 0 Å².